The van der Waals surface area contributed by atoms with Gasteiger partial charge in [0.15, 0.2) is 33.9 Å². The minimum Gasteiger partial charge on any atom is -0.346 e. The fourth-order valence-electron chi connectivity index (χ4n) is 11.3. The molecule has 1 aromatic carbocycles. The van der Waals surface area contributed by atoms with Crippen LogP contribution in [0.4, 0.5) is 0 Å². The average Bonchev–Trinajstić information content (AvgIpc) is 1.68. The van der Waals surface area contributed by atoms with Gasteiger partial charge < -0.3 is 15.0 Å². The molecule has 18 aromatic rings. The number of pyridine rings is 4. The summed E-state index contributed by atoms with van der Waals surface area (Å²) < 4.78 is 0. The van der Waals surface area contributed by atoms with Gasteiger partial charge in [-0.25, -0.2) is 54.8 Å². The second-order valence-electron chi connectivity index (χ2n) is 28.7. The van der Waals surface area contributed by atoms with Crippen molar-refractivity contribution < 1.29 is 0 Å². The first kappa shape index (κ1) is 78.2. The fourth-order valence-corrected chi connectivity index (χ4v) is 11.3. The molecular formula is C81H99N27. The maximum atomic E-state index is 4.42. The van der Waals surface area contributed by atoms with Gasteiger partial charge in [-0.05, 0) is 124 Å². The number of hydrogen-bond donors (Lipinski definition) is 9. The minimum atomic E-state index is 0.359. The molecule has 17 heterocycles. The second kappa shape index (κ2) is 37.0. The summed E-state index contributed by atoms with van der Waals surface area (Å²) in [6, 6.07) is 20.7. The highest BCUT2D eigenvalue weighted by Crippen LogP contribution is 2.27. The van der Waals surface area contributed by atoms with Crippen LogP contribution in [0, 0.1) is 0 Å². The standard InChI is InChI=1S/2C10H12N2.5C9H11N3.2C8H10N4/c1-7(2)8-3-4-10-9(5-8)6-11-12-10;1-7(2)9-6-12-10-8(9)4-3-5-11-10;1-6(2)7-4-11-9-8(7)3-10-5-12-9;1-6(2)7-3-8-5-11-12-9(8)10-4-7;1-6(2)7-5-12-9-8(7)10-3-4-11-9;1-6(2)8-4-3-7-5-10-12-9(7)11-8;1-6(2)8-7-4-3-5-10-9(7)12-11-8;1-5(2)7-6-3-9-4-10-8(6)12-11-7;1-5(2)7-9-3-6-4-10-12-8(6)11-7/h2*3-7H,1-2H3,(H,11,12);2*3-6H,1-2H3,(H,10,11,12);3-6H,1-2H3,(H,11,12);2*3-6H,1-2H3,(H,10,11,12);2*3-5H,1-2H3,(H,9,10,11,12). The van der Waals surface area contributed by atoms with Crippen LogP contribution >= 0.6 is 0 Å². The predicted molar refractivity (Wildman–Crippen MR) is 432 cm³/mol. The summed E-state index contributed by atoms with van der Waals surface area (Å²) in [5, 5.41) is 50.1. The zero-order chi connectivity index (χ0) is 77.0. The number of fused-ring (bicyclic) bond motifs is 9. The molecule has 0 aliphatic carbocycles. The van der Waals surface area contributed by atoms with E-state index in [0.717, 1.165) is 111 Å². The Hall–Kier alpha value is -12.4. The largest absolute Gasteiger partial charge is 0.346 e. The lowest BCUT2D eigenvalue weighted by Crippen LogP contribution is -1.96. The van der Waals surface area contributed by atoms with Crippen LogP contribution in [0.15, 0.2) is 166 Å². The number of hydrogen-bond acceptors (Lipinski definition) is 18. The molecule has 0 radical (unpaired) electrons. The number of nitrogens with zero attached hydrogens (tertiary/aromatic N) is 18. The lowest BCUT2D eigenvalue weighted by molar-refractivity contribution is 0.780. The molecule has 17 aromatic heterocycles. The molecule has 0 spiro atoms. The van der Waals surface area contributed by atoms with Gasteiger partial charge in [0.1, 0.15) is 35.3 Å². The fraction of sp³-hybridized carbons (Fsp3) is 0.333. The van der Waals surface area contributed by atoms with Gasteiger partial charge in [-0.3, -0.25) is 35.6 Å². The van der Waals surface area contributed by atoms with Crippen LogP contribution in [0.3, 0.4) is 0 Å². The van der Waals surface area contributed by atoms with E-state index in [2.05, 4.69) is 291 Å². The molecule has 0 atom stereocenters. The summed E-state index contributed by atoms with van der Waals surface area (Å²) in [7, 11) is 0. The van der Waals surface area contributed by atoms with Gasteiger partial charge in [0.05, 0.1) is 41.1 Å². The van der Waals surface area contributed by atoms with E-state index in [1.54, 1.807) is 55.9 Å². The van der Waals surface area contributed by atoms with E-state index in [0.29, 0.717) is 53.3 Å². The van der Waals surface area contributed by atoms with Gasteiger partial charge in [-0.1, -0.05) is 131 Å². The van der Waals surface area contributed by atoms with E-state index in [-0.39, 0.29) is 0 Å². The molecule has 18 rings (SSSR count). The number of nitrogens with one attached hydrogen (secondary N) is 9. The summed E-state index contributed by atoms with van der Waals surface area (Å²) in [6.07, 6.45) is 30.6. The second-order valence-corrected chi connectivity index (χ2v) is 28.7. The molecule has 108 heavy (non-hydrogen) atoms. The molecule has 0 saturated heterocycles. The van der Waals surface area contributed by atoms with Crippen molar-refractivity contribution in [3.05, 3.63) is 217 Å². The third kappa shape index (κ3) is 20.1. The van der Waals surface area contributed by atoms with Crippen LogP contribution in [-0.4, -0.2) is 136 Å². The van der Waals surface area contributed by atoms with E-state index in [1.165, 1.54) is 44.9 Å². The first-order chi connectivity index (χ1) is 52.0. The number of H-pyrrole nitrogens is 9. The van der Waals surface area contributed by atoms with E-state index < -0.39 is 0 Å². The normalized spacial score (nSPS) is 11.2. The number of benzene rings is 1. The Labute approximate surface area is 627 Å². The van der Waals surface area contributed by atoms with Crippen LogP contribution in [-0.2, 0) is 0 Å². The first-order valence-corrected chi connectivity index (χ1v) is 36.6. The summed E-state index contributed by atoms with van der Waals surface area (Å²) >= 11 is 0. The van der Waals surface area contributed by atoms with Crippen molar-refractivity contribution in [1.82, 2.24) is 136 Å². The van der Waals surface area contributed by atoms with Crippen molar-refractivity contribution in [2.75, 3.05) is 0 Å². The number of aromatic nitrogens is 27. The Kier molecular flexibility index (Phi) is 26.8. The van der Waals surface area contributed by atoms with Gasteiger partial charge in [-0.15, -0.1) is 0 Å². The number of rotatable bonds is 9. The monoisotopic (exact) mass is 1450 g/mol. The zero-order valence-electron chi connectivity index (χ0n) is 64.8. The highest BCUT2D eigenvalue weighted by atomic mass is 15.2. The third-order valence-corrected chi connectivity index (χ3v) is 17.6. The molecule has 0 fully saturated rings. The highest BCUT2D eigenvalue weighted by Gasteiger charge is 2.13. The minimum absolute atomic E-state index is 0.359. The summed E-state index contributed by atoms with van der Waals surface area (Å²) in [6.45, 7) is 38.6. The third-order valence-electron chi connectivity index (χ3n) is 17.6. The molecule has 0 aliphatic rings. The van der Waals surface area contributed by atoms with Crippen LogP contribution in [0.2, 0.25) is 0 Å². The van der Waals surface area contributed by atoms with Crippen LogP contribution in [0.1, 0.15) is 229 Å². The Morgan fingerprint density at radius 1 is 0.306 bits per heavy atom. The Morgan fingerprint density at radius 2 is 0.843 bits per heavy atom. The van der Waals surface area contributed by atoms with Crippen molar-refractivity contribution >= 4 is 99.3 Å². The average molecular weight is 1450 g/mol. The van der Waals surface area contributed by atoms with Gasteiger partial charge in [0, 0.05) is 129 Å². The maximum absolute atomic E-state index is 4.42. The summed E-state index contributed by atoms with van der Waals surface area (Å²) in [5.41, 5.74) is 18.8. The Balaban J connectivity index is 0.000000130. The Bertz CT molecular complexity index is 4960. The molecule has 0 aliphatic heterocycles. The molecule has 558 valence electrons. The van der Waals surface area contributed by atoms with Crippen molar-refractivity contribution in [3.8, 4) is 0 Å². The first-order valence-electron chi connectivity index (χ1n) is 36.6. The molecule has 0 saturated carbocycles. The van der Waals surface area contributed by atoms with Gasteiger partial charge in [0.2, 0.25) is 0 Å². The molecule has 0 bridgehead atoms. The smallest absolute Gasteiger partial charge is 0.184 e. The van der Waals surface area contributed by atoms with E-state index >= 15 is 0 Å². The zero-order valence-corrected chi connectivity index (χ0v) is 64.8. The van der Waals surface area contributed by atoms with E-state index in [1.807, 2.05) is 73.7 Å². The molecule has 9 N–H and O–H groups in total. The van der Waals surface area contributed by atoms with Gasteiger partial charge in [-0.2, -0.15) is 30.6 Å². The van der Waals surface area contributed by atoms with E-state index in [4.69, 9.17) is 0 Å². The molecular weight excluding hydrogens is 1350 g/mol. The lowest BCUT2D eigenvalue weighted by Gasteiger charge is -2.03. The molecule has 27 heteroatoms. The Morgan fingerprint density at radius 3 is 1.51 bits per heavy atom. The molecule has 0 amide bonds. The topological polar surface area (TPSA) is 374 Å². The van der Waals surface area contributed by atoms with Crippen molar-refractivity contribution in [2.45, 2.75) is 178 Å². The molecule has 0 unspecified atom stereocenters. The van der Waals surface area contributed by atoms with Crippen LogP contribution in [0.25, 0.3) is 99.3 Å². The van der Waals surface area contributed by atoms with Gasteiger partial charge >= 0.3 is 0 Å². The van der Waals surface area contributed by atoms with Gasteiger partial charge in [0.25, 0.3) is 0 Å². The van der Waals surface area contributed by atoms with Crippen LogP contribution in [0.5, 0.6) is 0 Å². The predicted octanol–water partition coefficient (Wildman–Crippen LogP) is 18.7. The van der Waals surface area contributed by atoms with Crippen molar-refractivity contribution in [3.63, 3.8) is 0 Å². The van der Waals surface area contributed by atoms with Crippen molar-refractivity contribution in [1.29, 1.82) is 0 Å². The van der Waals surface area contributed by atoms with Crippen molar-refractivity contribution in [2.24, 2.45) is 0 Å². The highest BCUT2D eigenvalue weighted by molar-refractivity contribution is 5.82. The lowest BCUT2D eigenvalue weighted by atomic mass is 10.0. The number of aromatic amines is 9. The quantitative estimate of drug-likeness (QED) is 0.0648. The van der Waals surface area contributed by atoms with Crippen LogP contribution < -0.4 is 0 Å². The maximum Gasteiger partial charge on any atom is 0.184 e. The summed E-state index contributed by atoms with van der Waals surface area (Å²) in [4.78, 5) is 59.5. The summed E-state index contributed by atoms with van der Waals surface area (Å²) in [5.74, 6) is 5.27. The van der Waals surface area contributed by atoms with E-state index in [9.17, 15) is 0 Å². The SMILES string of the molecule is CC(C)c1[nH]nc2ncccc12.CC(C)c1[nH]nc2ncncc12.CC(C)c1c[nH]c2ncccc12.CC(C)c1c[nH]c2nccnc12.CC(C)c1c[nH]c2ncncc12.CC(C)c1ccc2[nH]ncc2c1.CC(C)c1ccc2cn[nH]c2n1.CC(C)c1cnc2[nH]ncc2c1.CC(C)c1ncc2cn[nH]c2n1. The molecule has 27 nitrogen and oxygen atoms in total.